The summed E-state index contributed by atoms with van der Waals surface area (Å²) < 4.78 is 6.31. The van der Waals surface area contributed by atoms with Crippen LogP contribution in [0, 0.1) is 3.57 Å². The Bertz CT molecular complexity index is 543. The number of nitrogens with two attached hydrogens (primary N) is 1. The molecule has 0 aromatic heterocycles. The maximum Gasteiger partial charge on any atom is 0.0733 e. The number of halogens is 1. The lowest BCUT2D eigenvalue weighted by molar-refractivity contribution is 0.185. The summed E-state index contributed by atoms with van der Waals surface area (Å²) >= 11 is 2.25. The molecule has 0 amide bonds. The second-order valence-corrected chi connectivity index (χ2v) is 5.19. The number of rotatable bonds is 4. The van der Waals surface area contributed by atoms with E-state index in [1.54, 1.807) is 7.11 Å². The fourth-order valence-electron chi connectivity index (χ4n) is 1.72. The van der Waals surface area contributed by atoms with Gasteiger partial charge in [0, 0.05) is 21.9 Å². The maximum absolute atomic E-state index is 5.99. The minimum Gasteiger partial charge on any atom is -0.397 e. The third-order valence-electron chi connectivity index (χ3n) is 2.60. The lowest BCUT2D eigenvalue weighted by Gasteiger charge is -2.13. The summed E-state index contributed by atoms with van der Waals surface area (Å²) in [6, 6.07) is 14.0. The quantitative estimate of drug-likeness (QED) is 0.649. The van der Waals surface area contributed by atoms with E-state index in [4.69, 9.17) is 10.5 Å². The fraction of sp³-hybridized carbons (Fsp3) is 0.143. The van der Waals surface area contributed by atoms with Crippen molar-refractivity contribution in [3.8, 4) is 0 Å². The molecule has 3 nitrogen and oxygen atoms in total. The van der Waals surface area contributed by atoms with Crippen molar-refractivity contribution in [2.75, 3.05) is 18.2 Å². The predicted molar refractivity (Wildman–Crippen MR) is 84.0 cm³/mol. The van der Waals surface area contributed by atoms with E-state index in [1.165, 1.54) is 0 Å². The molecule has 0 saturated carbocycles. The van der Waals surface area contributed by atoms with Crippen molar-refractivity contribution in [1.29, 1.82) is 0 Å². The first-order valence-corrected chi connectivity index (χ1v) is 6.67. The molecule has 0 heterocycles. The molecule has 0 aliphatic rings. The Hall–Kier alpha value is -1.27. The molecular formula is C14H15IN2O. The predicted octanol–water partition coefficient (Wildman–Crippen LogP) is 3.76. The Morgan fingerprint density at radius 1 is 1.17 bits per heavy atom. The highest BCUT2D eigenvalue weighted by atomic mass is 127. The maximum atomic E-state index is 5.99. The van der Waals surface area contributed by atoms with E-state index in [2.05, 4.69) is 27.9 Å². The van der Waals surface area contributed by atoms with Gasteiger partial charge in [0.25, 0.3) is 0 Å². The molecule has 2 aromatic rings. The van der Waals surface area contributed by atoms with Gasteiger partial charge in [0.05, 0.1) is 18.0 Å². The van der Waals surface area contributed by atoms with E-state index >= 15 is 0 Å². The van der Waals surface area contributed by atoms with Crippen molar-refractivity contribution >= 4 is 39.7 Å². The molecule has 3 N–H and O–H groups in total. The molecule has 94 valence electrons. The van der Waals surface area contributed by atoms with E-state index in [0.717, 1.165) is 26.2 Å². The Labute approximate surface area is 120 Å². The van der Waals surface area contributed by atoms with Crippen molar-refractivity contribution < 1.29 is 4.74 Å². The van der Waals surface area contributed by atoms with Gasteiger partial charge in [-0.3, -0.25) is 0 Å². The minimum absolute atomic E-state index is 0.577. The van der Waals surface area contributed by atoms with Crippen LogP contribution >= 0.6 is 22.6 Å². The number of anilines is 3. The van der Waals surface area contributed by atoms with Gasteiger partial charge in [-0.1, -0.05) is 18.2 Å². The zero-order valence-corrected chi connectivity index (χ0v) is 12.3. The topological polar surface area (TPSA) is 47.3 Å². The molecule has 0 atom stereocenters. The molecule has 4 heteroatoms. The summed E-state index contributed by atoms with van der Waals surface area (Å²) in [7, 11) is 1.69. The largest absolute Gasteiger partial charge is 0.397 e. The van der Waals surface area contributed by atoms with Gasteiger partial charge < -0.3 is 15.8 Å². The van der Waals surface area contributed by atoms with Crippen LogP contribution in [0.4, 0.5) is 17.1 Å². The number of hydrogen-bond donors (Lipinski definition) is 2. The summed E-state index contributed by atoms with van der Waals surface area (Å²) in [5.41, 5.74) is 9.78. The molecule has 0 fully saturated rings. The second-order valence-electron chi connectivity index (χ2n) is 3.95. The van der Waals surface area contributed by atoms with Crippen LogP contribution in [0.5, 0.6) is 0 Å². The number of hydrogen-bond acceptors (Lipinski definition) is 3. The van der Waals surface area contributed by atoms with Crippen LogP contribution in [0.15, 0.2) is 42.5 Å². The lowest BCUT2D eigenvalue weighted by atomic mass is 10.1. The number of methoxy groups -OCH3 is 1. The van der Waals surface area contributed by atoms with Crippen molar-refractivity contribution in [1.82, 2.24) is 0 Å². The van der Waals surface area contributed by atoms with Gasteiger partial charge in [-0.25, -0.2) is 0 Å². The van der Waals surface area contributed by atoms with Crippen LogP contribution in [-0.4, -0.2) is 7.11 Å². The zero-order chi connectivity index (χ0) is 13.0. The molecule has 0 aliphatic heterocycles. The van der Waals surface area contributed by atoms with Gasteiger partial charge in [0.15, 0.2) is 0 Å². The molecule has 0 bridgehead atoms. The Balaban J connectivity index is 2.28. The first kappa shape index (κ1) is 13.2. The van der Waals surface area contributed by atoms with Crippen LogP contribution in [-0.2, 0) is 11.3 Å². The number of nitrogens with one attached hydrogen (secondary N) is 1. The van der Waals surface area contributed by atoms with E-state index in [1.807, 2.05) is 42.5 Å². The standard InChI is InChI=1S/C14H15IN2O/c1-18-9-10-4-2-3-5-13(10)17-14-7-6-11(15)8-12(14)16/h2-8,17H,9,16H2,1H3. The van der Waals surface area contributed by atoms with Gasteiger partial charge >= 0.3 is 0 Å². The Morgan fingerprint density at radius 2 is 1.94 bits per heavy atom. The normalized spacial score (nSPS) is 10.3. The number of para-hydroxylation sites is 1. The van der Waals surface area contributed by atoms with Crippen molar-refractivity contribution in [2.24, 2.45) is 0 Å². The third kappa shape index (κ3) is 3.14. The van der Waals surface area contributed by atoms with E-state index in [-0.39, 0.29) is 0 Å². The fourth-order valence-corrected chi connectivity index (χ4v) is 2.23. The monoisotopic (exact) mass is 354 g/mol. The summed E-state index contributed by atoms with van der Waals surface area (Å²) in [5, 5.41) is 3.34. The highest BCUT2D eigenvalue weighted by molar-refractivity contribution is 14.1. The molecule has 0 radical (unpaired) electrons. The number of ether oxygens (including phenoxy) is 1. The number of nitrogen functional groups attached to an aromatic ring is 1. The highest BCUT2D eigenvalue weighted by Gasteiger charge is 2.04. The van der Waals surface area contributed by atoms with Gasteiger partial charge in [-0.05, 0) is 46.9 Å². The van der Waals surface area contributed by atoms with Crippen molar-refractivity contribution in [3.63, 3.8) is 0 Å². The van der Waals surface area contributed by atoms with Gasteiger partial charge in [-0.2, -0.15) is 0 Å². The minimum atomic E-state index is 0.577. The molecule has 2 aromatic carbocycles. The summed E-state index contributed by atoms with van der Waals surface area (Å²) in [4.78, 5) is 0. The average Bonchev–Trinajstić information content (AvgIpc) is 2.35. The molecule has 0 unspecified atom stereocenters. The smallest absolute Gasteiger partial charge is 0.0733 e. The van der Waals surface area contributed by atoms with Crippen molar-refractivity contribution in [3.05, 3.63) is 51.6 Å². The molecule has 0 aliphatic carbocycles. The number of benzene rings is 2. The van der Waals surface area contributed by atoms with E-state index in [0.29, 0.717) is 6.61 Å². The van der Waals surface area contributed by atoms with E-state index < -0.39 is 0 Å². The van der Waals surface area contributed by atoms with Crippen LogP contribution in [0.2, 0.25) is 0 Å². The molecule has 0 spiro atoms. The zero-order valence-electron chi connectivity index (χ0n) is 10.1. The SMILES string of the molecule is COCc1ccccc1Nc1ccc(I)cc1N. The van der Waals surface area contributed by atoms with Crippen LogP contribution < -0.4 is 11.1 Å². The third-order valence-corrected chi connectivity index (χ3v) is 3.27. The van der Waals surface area contributed by atoms with Crippen LogP contribution in [0.25, 0.3) is 0 Å². The molecule has 2 rings (SSSR count). The van der Waals surface area contributed by atoms with Gasteiger partial charge in [0.2, 0.25) is 0 Å². The first-order chi connectivity index (χ1) is 8.70. The molecule has 0 saturated heterocycles. The first-order valence-electron chi connectivity index (χ1n) is 5.59. The van der Waals surface area contributed by atoms with Crippen LogP contribution in [0.1, 0.15) is 5.56 Å². The van der Waals surface area contributed by atoms with Crippen molar-refractivity contribution in [2.45, 2.75) is 6.61 Å². The second kappa shape index (κ2) is 6.06. The average molecular weight is 354 g/mol. The van der Waals surface area contributed by atoms with Gasteiger partial charge in [-0.15, -0.1) is 0 Å². The molecule has 18 heavy (non-hydrogen) atoms. The summed E-state index contributed by atoms with van der Waals surface area (Å²) in [5.74, 6) is 0. The van der Waals surface area contributed by atoms with Crippen LogP contribution in [0.3, 0.4) is 0 Å². The van der Waals surface area contributed by atoms with Gasteiger partial charge in [0.1, 0.15) is 0 Å². The molecular weight excluding hydrogens is 339 g/mol. The van der Waals surface area contributed by atoms with E-state index in [9.17, 15) is 0 Å². The Kier molecular flexibility index (Phi) is 4.43. The summed E-state index contributed by atoms with van der Waals surface area (Å²) in [6.07, 6.45) is 0. The Morgan fingerprint density at radius 3 is 2.67 bits per heavy atom. The highest BCUT2D eigenvalue weighted by Crippen LogP contribution is 2.27. The lowest BCUT2D eigenvalue weighted by Crippen LogP contribution is -2.00. The summed E-state index contributed by atoms with van der Waals surface area (Å²) in [6.45, 7) is 0.577.